The number of benzene rings is 1. The van der Waals surface area contributed by atoms with Crippen LogP contribution in [0.15, 0.2) is 42.7 Å². The largest absolute Gasteiger partial charge is 0.356 e. The van der Waals surface area contributed by atoms with Crippen molar-refractivity contribution in [2.75, 3.05) is 29.9 Å². The van der Waals surface area contributed by atoms with Crippen LogP contribution in [-0.4, -0.2) is 30.1 Å². The summed E-state index contributed by atoms with van der Waals surface area (Å²) < 4.78 is 0. The molecule has 4 heteroatoms. The van der Waals surface area contributed by atoms with Crippen LogP contribution in [0.5, 0.6) is 0 Å². The van der Waals surface area contributed by atoms with E-state index in [0.29, 0.717) is 0 Å². The minimum absolute atomic E-state index is 0.937. The predicted molar refractivity (Wildman–Crippen MR) is 82.6 cm³/mol. The summed E-state index contributed by atoms with van der Waals surface area (Å²) in [6.45, 7) is 2.21. The monoisotopic (exact) mass is 268 g/mol. The van der Waals surface area contributed by atoms with Crippen LogP contribution in [0.2, 0.25) is 0 Å². The van der Waals surface area contributed by atoms with Crippen LogP contribution in [-0.2, 0) is 0 Å². The predicted octanol–water partition coefficient (Wildman–Crippen LogP) is 3.23. The number of para-hydroxylation sites is 1. The number of hydrogen-bond acceptors (Lipinski definition) is 4. The molecule has 1 aliphatic rings. The van der Waals surface area contributed by atoms with E-state index in [-0.39, 0.29) is 0 Å². The smallest absolute Gasteiger partial charge is 0.138 e. The molecular weight excluding hydrogens is 248 g/mol. The van der Waals surface area contributed by atoms with Crippen LogP contribution in [0.3, 0.4) is 0 Å². The van der Waals surface area contributed by atoms with Gasteiger partial charge in [-0.1, -0.05) is 18.2 Å². The molecule has 4 nitrogen and oxygen atoms in total. The molecule has 0 saturated carbocycles. The Morgan fingerprint density at radius 1 is 1.00 bits per heavy atom. The lowest BCUT2D eigenvalue weighted by atomic mass is 10.1. The van der Waals surface area contributed by atoms with Crippen molar-refractivity contribution < 1.29 is 0 Å². The average Bonchev–Trinajstić information content (AvgIpc) is 2.56. The maximum absolute atomic E-state index is 4.43. The standard InChI is InChI=1S/C16H20N4/c1-19(14-8-4-2-5-9-14)15-12-16(18-13-17-15)20-10-6-3-7-11-20/h2,4-5,8-9,12-13H,3,6-7,10-11H2,1H3. The zero-order valence-electron chi connectivity index (χ0n) is 11.9. The van der Waals surface area contributed by atoms with E-state index in [1.165, 1.54) is 19.3 Å². The summed E-state index contributed by atoms with van der Waals surface area (Å²) in [7, 11) is 2.04. The minimum Gasteiger partial charge on any atom is -0.356 e. The molecule has 1 aromatic heterocycles. The van der Waals surface area contributed by atoms with Gasteiger partial charge in [-0.15, -0.1) is 0 Å². The van der Waals surface area contributed by atoms with Crippen molar-refractivity contribution in [1.29, 1.82) is 0 Å². The average molecular weight is 268 g/mol. The van der Waals surface area contributed by atoms with Crippen molar-refractivity contribution >= 4 is 17.3 Å². The number of anilines is 3. The Balaban J connectivity index is 1.83. The third kappa shape index (κ3) is 2.74. The van der Waals surface area contributed by atoms with Gasteiger partial charge >= 0.3 is 0 Å². The highest BCUT2D eigenvalue weighted by molar-refractivity contribution is 5.61. The molecule has 0 spiro atoms. The fourth-order valence-electron chi connectivity index (χ4n) is 2.60. The van der Waals surface area contributed by atoms with E-state index < -0.39 is 0 Å². The zero-order valence-corrected chi connectivity index (χ0v) is 11.9. The molecule has 2 heterocycles. The molecule has 3 rings (SSSR count). The van der Waals surface area contributed by atoms with E-state index >= 15 is 0 Å². The van der Waals surface area contributed by atoms with Crippen molar-refractivity contribution in [2.45, 2.75) is 19.3 Å². The summed E-state index contributed by atoms with van der Waals surface area (Å²) in [4.78, 5) is 13.3. The second kappa shape index (κ2) is 5.90. The normalized spacial score (nSPS) is 15.2. The highest BCUT2D eigenvalue weighted by Crippen LogP contribution is 2.25. The van der Waals surface area contributed by atoms with E-state index in [1.807, 2.05) is 25.2 Å². The first-order valence-electron chi connectivity index (χ1n) is 7.20. The molecular formula is C16H20N4. The van der Waals surface area contributed by atoms with Crippen molar-refractivity contribution in [2.24, 2.45) is 0 Å². The van der Waals surface area contributed by atoms with Crippen LogP contribution in [0, 0.1) is 0 Å². The summed E-state index contributed by atoms with van der Waals surface area (Å²) in [5, 5.41) is 0. The molecule has 0 unspecified atom stereocenters. The van der Waals surface area contributed by atoms with E-state index in [0.717, 1.165) is 30.4 Å². The summed E-state index contributed by atoms with van der Waals surface area (Å²) in [5.41, 5.74) is 1.13. The van der Waals surface area contributed by atoms with Gasteiger partial charge in [0.2, 0.25) is 0 Å². The van der Waals surface area contributed by atoms with Gasteiger partial charge < -0.3 is 9.80 Å². The molecule has 1 aliphatic heterocycles. The minimum atomic E-state index is 0.937. The van der Waals surface area contributed by atoms with E-state index in [2.05, 4.69) is 38.0 Å². The van der Waals surface area contributed by atoms with Gasteiger partial charge in [0.25, 0.3) is 0 Å². The van der Waals surface area contributed by atoms with Crippen LogP contribution in [0.4, 0.5) is 17.3 Å². The molecule has 2 aromatic rings. The Morgan fingerprint density at radius 3 is 2.50 bits per heavy atom. The van der Waals surface area contributed by atoms with Crippen LogP contribution in [0.1, 0.15) is 19.3 Å². The molecule has 0 atom stereocenters. The molecule has 0 N–H and O–H groups in total. The highest BCUT2D eigenvalue weighted by atomic mass is 15.2. The van der Waals surface area contributed by atoms with Crippen molar-refractivity contribution in [1.82, 2.24) is 9.97 Å². The van der Waals surface area contributed by atoms with Gasteiger partial charge in [-0.2, -0.15) is 0 Å². The first-order valence-corrected chi connectivity index (χ1v) is 7.20. The fourth-order valence-corrected chi connectivity index (χ4v) is 2.60. The van der Waals surface area contributed by atoms with E-state index in [4.69, 9.17) is 0 Å². The maximum Gasteiger partial charge on any atom is 0.138 e. The lowest BCUT2D eigenvalue weighted by Crippen LogP contribution is -2.30. The fraction of sp³-hybridized carbons (Fsp3) is 0.375. The molecule has 1 saturated heterocycles. The number of aromatic nitrogens is 2. The molecule has 0 bridgehead atoms. The molecule has 0 radical (unpaired) electrons. The quantitative estimate of drug-likeness (QED) is 0.855. The van der Waals surface area contributed by atoms with E-state index in [1.54, 1.807) is 6.33 Å². The van der Waals surface area contributed by atoms with Crippen molar-refractivity contribution in [3.63, 3.8) is 0 Å². The summed E-state index contributed by atoms with van der Waals surface area (Å²) in [5.74, 6) is 1.98. The summed E-state index contributed by atoms with van der Waals surface area (Å²) in [6.07, 6.45) is 5.51. The Morgan fingerprint density at radius 2 is 1.75 bits per heavy atom. The first kappa shape index (κ1) is 12.9. The van der Waals surface area contributed by atoms with Gasteiger partial charge in [-0.3, -0.25) is 0 Å². The lowest BCUT2D eigenvalue weighted by Gasteiger charge is -2.28. The van der Waals surface area contributed by atoms with E-state index in [9.17, 15) is 0 Å². The van der Waals surface area contributed by atoms with Gasteiger partial charge in [0.1, 0.15) is 18.0 Å². The van der Waals surface area contributed by atoms with Gasteiger partial charge in [-0.25, -0.2) is 9.97 Å². The molecule has 1 fully saturated rings. The Hall–Kier alpha value is -2.10. The molecule has 104 valence electrons. The van der Waals surface area contributed by atoms with Gasteiger partial charge in [0.05, 0.1) is 0 Å². The van der Waals surface area contributed by atoms with Gasteiger partial charge in [0.15, 0.2) is 0 Å². The van der Waals surface area contributed by atoms with Crippen LogP contribution < -0.4 is 9.80 Å². The Labute approximate surface area is 120 Å². The summed E-state index contributed by atoms with van der Waals surface area (Å²) >= 11 is 0. The molecule has 20 heavy (non-hydrogen) atoms. The first-order chi connectivity index (χ1) is 9.84. The number of rotatable bonds is 3. The van der Waals surface area contributed by atoms with Crippen LogP contribution in [0.25, 0.3) is 0 Å². The number of piperidine rings is 1. The van der Waals surface area contributed by atoms with Crippen LogP contribution >= 0.6 is 0 Å². The van der Waals surface area contributed by atoms with Gasteiger partial charge in [0, 0.05) is 31.9 Å². The Bertz CT molecular complexity index is 549. The molecule has 0 amide bonds. The zero-order chi connectivity index (χ0) is 13.8. The third-order valence-electron chi connectivity index (χ3n) is 3.81. The Kier molecular flexibility index (Phi) is 3.81. The summed E-state index contributed by atoms with van der Waals surface area (Å²) in [6, 6.07) is 12.4. The maximum atomic E-state index is 4.43. The van der Waals surface area contributed by atoms with Crippen molar-refractivity contribution in [3.8, 4) is 0 Å². The highest BCUT2D eigenvalue weighted by Gasteiger charge is 2.14. The lowest BCUT2D eigenvalue weighted by molar-refractivity contribution is 0.573. The number of nitrogens with zero attached hydrogens (tertiary/aromatic N) is 4. The topological polar surface area (TPSA) is 32.3 Å². The van der Waals surface area contributed by atoms with Gasteiger partial charge in [-0.05, 0) is 31.4 Å². The SMILES string of the molecule is CN(c1ccccc1)c1cc(N2CCCCC2)ncn1. The molecule has 0 aliphatic carbocycles. The second-order valence-corrected chi connectivity index (χ2v) is 5.18. The molecule has 1 aromatic carbocycles. The van der Waals surface area contributed by atoms with Crippen molar-refractivity contribution in [3.05, 3.63) is 42.7 Å². The second-order valence-electron chi connectivity index (χ2n) is 5.18. The number of hydrogen-bond donors (Lipinski definition) is 0. The third-order valence-corrected chi connectivity index (χ3v) is 3.81.